The quantitative estimate of drug-likeness (QED) is 0.0735. The number of phenols is 2. The van der Waals surface area contributed by atoms with Crippen LogP contribution in [0.15, 0.2) is 36.4 Å². The molecule has 52 heavy (non-hydrogen) atoms. The second-order valence-electron chi connectivity index (χ2n) is 10.5. The Labute approximate surface area is 308 Å². The summed E-state index contributed by atoms with van der Waals surface area (Å²) in [7, 11) is 8.88. The Kier molecular flexibility index (Phi) is 42.2. The summed E-state index contributed by atoms with van der Waals surface area (Å²) in [4.78, 5) is 24.8. The van der Waals surface area contributed by atoms with Gasteiger partial charge in [-0.05, 0) is 76.4 Å². The van der Waals surface area contributed by atoms with E-state index in [0.717, 1.165) is 45.7 Å². The summed E-state index contributed by atoms with van der Waals surface area (Å²) in [6.07, 6.45) is 3.06. The molecule has 18 nitrogen and oxygen atoms in total. The highest BCUT2D eigenvalue weighted by atomic mass is 16.5. The molecular weight excluding hydrogens is 684 g/mol. The van der Waals surface area contributed by atoms with Crippen LogP contribution in [0.25, 0.3) is 0 Å². The molecule has 0 radical (unpaired) electrons. The Hall–Kier alpha value is -3.82. The lowest BCUT2D eigenvalue weighted by atomic mass is 10.1. The largest absolute Gasteiger partial charge is 0.857 e. The van der Waals surface area contributed by atoms with Crippen LogP contribution >= 0.6 is 0 Å². The average Bonchev–Trinajstić information content (AvgIpc) is 3.13. The standard InChI is InChI=1S/C11H16O3.C10H14O2.C6H15N3O3.C5H13N3O2.2CH3O/c1-2-5-14-8-9-3-4-11(13)10(6-9)7-12;1-2-3-8-4-5-10(12)9(6-8)7-11;1-9(2)5-12-4-8-6(11)7-3-10;1-8(2)3-6-5(10)7-4-9;2*1-2/h3-4,6,12-13H,2,5,7-8H2,1H3;4-6,11-12H,2-3,7H2,1H3;10H,3-5H2,1-2H3,(H2,7,8,11);9H,3-4H2,1-2H3,(H2,6,7,10);2*1H3/q;;;;2*-1. The lowest BCUT2D eigenvalue weighted by Crippen LogP contribution is -2.40. The van der Waals surface area contributed by atoms with Gasteiger partial charge < -0.3 is 71.6 Å². The Bertz CT molecular complexity index is 1110. The number of carbonyl (C=O) groups excluding carboxylic acids is 2. The number of carbonyl (C=O) groups is 2. The van der Waals surface area contributed by atoms with Crippen LogP contribution in [0.5, 0.6) is 11.5 Å². The summed E-state index contributed by atoms with van der Waals surface area (Å²) in [5.41, 5.74) is 3.29. The average molecular weight is 749 g/mol. The fraction of sp³-hybridized carbons (Fsp3) is 0.588. The molecule has 0 aliphatic rings. The highest BCUT2D eigenvalue weighted by Crippen LogP contribution is 2.19. The van der Waals surface area contributed by atoms with E-state index in [0.29, 0.717) is 31.1 Å². The maximum absolute atomic E-state index is 10.6. The number of hydrogen-bond donors (Lipinski definition) is 10. The summed E-state index contributed by atoms with van der Waals surface area (Å²) in [6, 6.07) is 9.69. The molecule has 0 unspecified atom stereocenters. The van der Waals surface area contributed by atoms with Gasteiger partial charge in [0.1, 0.15) is 38.4 Å². The van der Waals surface area contributed by atoms with E-state index in [1.807, 2.05) is 45.2 Å². The molecule has 0 aromatic heterocycles. The number of rotatable bonds is 16. The van der Waals surface area contributed by atoms with Crippen LogP contribution in [0.2, 0.25) is 0 Å². The van der Waals surface area contributed by atoms with Crippen LogP contribution < -0.4 is 31.5 Å². The molecule has 0 saturated heterocycles. The first-order valence-electron chi connectivity index (χ1n) is 16.2. The zero-order valence-electron chi connectivity index (χ0n) is 32.0. The van der Waals surface area contributed by atoms with Gasteiger partial charge >= 0.3 is 12.1 Å². The van der Waals surface area contributed by atoms with Crippen molar-refractivity contribution in [3.05, 3.63) is 58.7 Å². The number of amides is 4. The third-order valence-corrected chi connectivity index (χ3v) is 5.50. The number of nitrogens with zero attached hydrogens (tertiary/aromatic N) is 2. The third-order valence-electron chi connectivity index (χ3n) is 5.50. The van der Waals surface area contributed by atoms with Gasteiger partial charge in [-0.15, -0.1) is 0 Å². The van der Waals surface area contributed by atoms with Gasteiger partial charge in [-0.3, -0.25) is 9.80 Å². The van der Waals surface area contributed by atoms with Crippen molar-refractivity contribution in [3.63, 3.8) is 0 Å². The minimum absolute atomic E-state index is 0.0939. The molecule has 0 bridgehead atoms. The van der Waals surface area contributed by atoms with E-state index in [1.165, 1.54) is 5.56 Å². The van der Waals surface area contributed by atoms with E-state index in [1.54, 1.807) is 29.2 Å². The molecular formula is C34H64N6O12-2. The van der Waals surface area contributed by atoms with Crippen molar-refractivity contribution in [1.82, 2.24) is 31.1 Å². The summed E-state index contributed by atoms with van der Waals surface area (Å²) in [5.74, 6) is 0.309. The molecule has 2 aromatic rings. The summed E-state index contributed by atoms with van der Waals surface area (Å²) in [6.45, 7) is 5.50. The van der Waals surface area contributed by atoms with Crippen LogP contribution in [0.4, 0.5) is 9.59 Å². The predicted molar refractivity (Wildman–Crippen MR) is 194 cm³/mol. The Morgan fingerprint density at radius 1 is 0.673 bits per heavy atom. The summed E-state index contributed by atoms with van der Waals surface area (Å²) in [5, 5.41) is 78.5. The molecule has 304 valence electrons. The lowest BCUT2D eigenvalue weighted by molar-refractivity contribution is -0.325. The maximum atomic E-state index is 10.6. The number of aliphatic hydroxyl groups excluding tert-OH is 4. The van der Waals surface area contributed by atoms with Crippen LogP contribution in [-0.4, -0.2) is 135 Å². The number of hydrogen-bond acceptors (Lipinski definition) is 14. The minimum Gasteiger partial charge on any atom is -0.857 e. The first-order chi connectivity index (χ1) is 24.9. The Morgan fingerprint density at radius 3 is 1.58 bits per heavy atom. The molecule has 0 fully saturated rings. The van der Waals surface area contributed by atoms with Crippen molar-refractivity contribution < 1.29 is 59.9 Å². The topological polar surface area (TPSA) is 275 Å². The second-order valence-corrected chi connectivity index (χ2v) is 10.5. The van der Waals surface area contributed by atoms with E-state index < -0.39 is 6.03 Å². The molecule has 0 aliphatic heterocycles. The molecule has 10 N–H and O–H groups in total. The van der Waals surface area contributed by atoms with Gasteiger partial charge in [-0.2, -0.15) is 14.2 Å². The number of aryl methyl sites for hydroxylation is 1. The van der Waals surface area contributed by atoms with E-state index in [4.69, 9.17) is 40.1 Å². The lowest BCUT2D eigenvalue weighted by Gasteiger charge is -2.10. The van der Waals surface area contributed by atoms with Gasteiger partial charge in [-0.25, -0.2) is 9.59 Å². The highest BCUT2D eigenvalue weighted by molar-refractivity contribution is 5.73. The third kappa shape index (κ3) is 34.6. The van der Waals surface area contributed by atoms with Crippen LogP contribution in [0.1, 0.15) is 48.9 Å². The number of nitrogens with one attached hydrogen (secondary N) is 4. The SMILES string of the molecule is CCCOCc1ccc(O)c(CO)c1.CCCc1ccc(O)c(CO)c1.CN(C)CNC(=O)NCO.CN(C)COCNC(=O)NCO.C[O-].C[O-]. The maximum Gasteiger partial charge on any atom is 0.318 e. The summed E-state index contributed by atoms with van der Waals surface area (Å²) >= 11 is 0. The molecule has 0 aliphatic carbocycles. The van der Waals surface area contributed by atoms with E-state index >= 15 is 0 Å². The Morgan fingerprint density at radius 2 is 1.15 bits per heavy atom. The number of urea groups is 2. The Balaban J connectivity index is -0.000000287. The number of aliphatic hydroxyl groups is 4. The van der Waals surface area contributed by atoms with Crippen molar-refractivity contribution in [2.75, 3.05) is 82.6 Å². The van der Waals surface area contributed by atoms with Crippen LogP contribution in [0.3, 0.4) is 0 Å². The fourth-order valence-electron chi connectivity index (χ4n) is 3.24. The van der Waals surface area contributed by atoms with Crippen molar-refractivity contribution in [1.29, 1.82) is 0 Å². The molecule has 0 saturated carbocycles. The smallest absolute Gasteiger partial charge is 0.318 e. The molecule has 18 heteroatoms. The monoisotopic (exact) mass is 748 g/mol. The van der Waals surface area contributed by atoms with Crippen LogP contribution in [-0.2, 0) is 35.7 Å². The van der Waals surface area contributed by atoms with Crippen LogP contribution in [0, 0.1) is 0 Å². The van der Waals surface area contributed by atoms with Gasteiger partial charge in [0.2, 0.25) is 0 Å². The number of benzene rings is 2. The number of aromatic hydroxyl groups is 2. The molecule has 2 aromatic carbocycles. The second kappa shape index (κ2) is 40.0. The molecule has 0 atom stereocenters. The predicted octanol–water partition coefficient (Wildman–Crippen LogP) is -0.916. The zero-order chi connectivity index (χ0) is 40.7. The highest BCUT2D eigenvalue weighted by Gasteiger charge is 2.02. The normalized spacial score (nSPS) is 9.54. The number of ether oxygens (including phenoxy) is 2. The molecule has 4 amide bonds. The van der Waals surface area contributed by atoms with Gasteiger partial charge in [0.15, 0.2) is 0 Å². The fourth-order valence-corrected chi connectivity index (χ4v) is 3.24. The zero-order valence-corrected chi connectivity index (χ0v) is 32.0. The van der Waals surface area contributed by atoms with Gasteiger partial charge in [-0.1, -0.05) is 32.4 Å². The first-order valence-corrected chi connectivity index (χ1v) is 16.2. The van der Waals surface area contributed by atoms with E-state index in [9.17, 15) is 19.8 Å². The molecule has 0 spiro atoms. The van der Waals surface area contributed by atoms with Crippen molar-refractivity contribution >= 4 is 12.1 Å². The van der Waals surface area contributed by atoms with Crippen molar-refractivity contribution in [2.45, 2.75) is 52.9 Å². The minimum atomic E-state index is -0.448. The van der Waals surface area contributed by atoms with Crippen molar-refractivity contribution in [3.8, 4) is 11.5 Å². The molecule has 0 heterocycles. The van der Waals surface area contributed by atoms with E-state index in [2.05, 4.69) is 35.1 Å². The summed E-state index contributed by atoms with van der Waals surface area (Å²) < 4.78 is 10.3. The van der Waals surface area contributed by atoms with Gasteiger partial charge in [0.25, 0.3) is 0 Å². The van der Waals surface area contributed by atoms with Crippen molar-refractivity contribution in [2.24, 2.45) is 0 Å². The first kappa shape index (κ1) is 54.9. The van der Waals surface area contributed by atoms with Gasteiger partial charge in [0.05, 0.1) is 26.5 Å². The van der Waals surface area contributed by atoms with Gasteiger partial charge in [0, 0.05) is 17.7 Å². The van der Waals surface area contributed by atoms with E-state index in [-0.39, 0.29) is 50.9 Å². The molecule has 2 rings (SSSR count).